The molecule has 9 atom stereocenters. The summed E-state index contributed by atoms with van der Waals surface area (Å²) in [6, 6.07) is 1.13. The fourth-order valence-electron chi connectivity index (χ4n) is 6.89. The molecule has 3 heterocycles. The van der Waals surface area contributed by atoms with Gasteiger partial charge in [0.2, 0.25) is 0 Å². The predicted molar refractivity (Wildman–Crippen MR) is 195 cm³/mol. The molecule has 54 heavy (non-hydrogen) atoms. The van der Waals surface area contributed by atoms with Gasteiger partial charge >= 0.3 is 17.7 Å². The molecule has 1 amide bonds. The number of esters is 1. The van der Waals surface area contributed by atoms with Crippen LogP contribution in [0.25, 0.3) is 10.8 Å². The Kier molecular flexibility index (Phi) is 12.7. The quantitative estimate of drug-likeness (QED) is 0.182. The number of ether oxygens (including phenoxy) is 5. The Hall–Kier alpha value is -5.12. The Balaban J connectivity index is 1.93. The number of phenols is 2. The number of carboxylic acids is 1. The second-order valence-electron chi connectivity index (χ2n) is 14.1. The largest absolute Gasteiger partial charge is 0.507 e. The molecule has 5 bridgehead atoms. The fraction of sp³-hybridized carbons (Fsp3) is 0.487. The average Bonchev–Trinajstić information content (AvgIpc) is 3.38. The number of allylic oxidation sites excluding steroid dienone is 2. The number of rotatable bonds is 5. The van der Waals surface area contributed by atoms with Crippen molar-refractivity contribution in [2.75, 3.05) is 19.0 Å². The van der Waals surface area contributed by atoms with Crippen LogP contribution in [0, 0.1) is 30.6 Å². The molecule has 9 unspecified atom stereocenters. The number of hydrogen-bond acceptors (Lipinski definition) is 13. The molecule has 15 heteroatoms. The summed E-state index contributed by atoms with van der Waals surface area (Å²) >= 11 is 0. The molecule has 3 aliphatic rings. The van der Waals surface area contributed by atoms with Crippen molar-refractivity contribution in [2.45, 2.75) is 85.6 Å². The number of carboxylic acid groups (broad SMARTS) is 1. The van der Waals surface area contributed by atoms with Crippen LogP contribution >= 0.6 is 0 Å². The molecule has 15 nitrogen and oxygen atoms in total. The number of Topliss-reactive ketones (excluding diaryl/α,β-unsaturated/α-hetero) is 1. The molecule has 0 aliphatic carbocycles. The number of nitrogens with one attached hydrogen (secondary N) is 1. The van der Waals surface area contributed by atoms with Crippen LogP contribution in [-0.4, -0.2) is 93.1 Å². The number of hydrogen-bond donors (Lipinski definition) is 6. The first-order chi connectivity index (χ1) is 25.2. The van der Waals surface area contributed by atoms with Gasteiger partial charge in [-0.3, -0.25) is 14.4 Å². The number of fused-ring (bicyclic) bond motifs is 14. The Morgan fingerprint density at radius 2 is 1.63 bits per heavy atom. The molecular formula is C39H49NO14. The highest BCUT2D eigenvalue weighted by Gasteiger charge is 2.49. The number of methoxy groups -OCH3 is 1. The normalized spacial score (nSPS) is 29.4. The van der Waals surface area contributed by atoms with Crippen molar-refractivity contribution in [1.82, 2.24) is 0 Å². The average molecular weight is 756 g/mol. The zero-order valence-electron chi connectivity index (χ0n) is 31.7. The van der Waals surface area contributed by atoms with Gasteiger partial charge in [0.1, 0.15) is 23.4 Å². The third-order valence-corrected chi connectivity index (χ3v) is 10.2. The van der Waals surface area contributed by atoms with Gasteiger partial charge in [0.05, 0.1) is 41.2 Å². The van der Waals surface area contributed by atoms with Crippen molar-refractivity contribution in [2.24, 2.45) is 23.7 Å². The molecule has 2 aromatic carbocycles. The van der Waals surface area contributed by atoms with E-state index in [4.69, 9.17) is 23.7 Å². The lowest BCUT2D eigenvalue weighted by Crippen LogP contribution is -2.46. The van der Waals surface area contributed by atoms with Gasteiger partial charge in [-0.1, -0.05) is 45.9 Å². The summed E-state index contributed by atoms with van der Waals surface area (Å²) in [7, 11) is 1.41. The first-order valence-electron chi connectivity index (χ1n) is 17.5. The van der Waals surface area contributed by atoms with E-state index in [9.17, 15) is 44.7 Å². The topological polar surface area (TPSA) is 228 Å². The van der Waals surface area contributed by atoms with E-state index in [-0.39, 0.29) is 44.7 Å². The highest BCUT2D eigenvalue weighted by molar-refractivity contribution is 6.21. The van der Waals surface area contributed by atoms with Crippen LogP contribution in [0.3, 0.4) is 0 Å². The number of carbonyl (C=O) groups is 4. The summed E-state index contributed by atoms with van der Waals surface area (Å²) in [6.07, 6.45) is 3.37. The van der Waals surface area contributed by atoms with Crippen LogP contribution in [0.5, 0.6) is 23.0 Å². The van der Waals surface area contributed by atoms with E-state index in [1.807, 2.05) is 0 Å². The number of phenolic OH excluding ortho intramolecular Hbond substituents is 2. The molecule has 3 aliphatic heterocycles. The number of aliphatic hydroxyl groups is 2. The van der Waals surface area contributed by atoms with Gasteiger partial charge < -0.3 is 54.5 Å². The zero-order chi connectivity index (χ0) is 40.4. The number of aliphatic carboxylic acids is 1. The minimum atomic E-state index is -2.05. The van der Waals surface area contributed by atoms with E-state index in [0.29, 0.717) is 0 Å². The first-order valence-corrected chi connectivity index (χ1v) is 17.5. The molecule has 0 aromatic heterocycles. The summed E-state index contributed by atoms with van der Waals surface area (Å²) in [5, 5.41) is 57.0. The van der Waals surface area contributed by atoms with Crippen LogP contribution in [0.15, 0.2) is 42.2 Å². The van der Waals surface area contributed by atoms with Crippen molar-refractivity contribution >= 4 is 40.1 Å². The van der Waals surface area contributed by atoms with Crippen molar-refractivity contribution in [3.05, 3.63) is 53.3 Å². The van der Waals surface area contributed by atoms with Crippen LogP contribution in [0.1, 0.15) is 64.4 Å². The van der Waals surface area contributed by atoms with Crippen LogP contribution < -0.4 is 14.8 Å². The van der Waals surface area contributed by atoms with Gasteiger partial charge in [0.15, 0.2) is 12.4 Å². The minimum absolute atomic E-state index is 0.0301. The highest BCUT2D eigenvalue weighted by Crippen LogP contribution is 2.54. The molecule has 0 fully saturated rings. The number of amides is 1. The molecule has 0 spiro atoms. The van der Waals surface area contributed by atoms with E-state index in [1.165, 1.54) is 53.2 Å². The second kappa shape index (κ2) is 16.5. The smallest absolute Gasteiger partial charge is 0.341 e. The summed E-state index contributed by atoms with van der Waals surface area (Å²) in [5.74, 6) is -9.54. The van der Waals surface area contributed by atoms with Gasteiger partial charge in [0, 0.05) is 67.2 Å². The lowest BCUT2D eigenvalue weighted by Gasteiger charge is -2.38. The SMILES string of the molecule is COC1C=COC2(C)Oc3c(C)c(O)c4c(O)c(cc(OCC(=O)O)c4c3C2=O)NC(=O)C(C)=CC=CC(C)C(O)C(C)C(O)C(C)C(OC(C)=O)C1C. The number of ketones is 1. The summed E-state index contributed by atoms with van der Waals surface area (Å²) < 4.78 is 28.9. The van der Waals surface area contributed by atoms with Crippen LogP contribution in [0.2, 0.25) is 0 Å². The summed E-state index contributed by atoms with van der Waals surface area (Å²) in [5.41, 5.74) is -0.251. The second-order valence-corrected chi connectivity index (χ2v) is 14.1. The maximum atomic E-state index is 14.2. The predicted octanol–water partition coefficient (Wildman–Crippen LogP) is 4.51. The summed E-state index contributed by atoms with van der Waals surface area (Å²) in [6.45, 7) is 11.4. The van der Waals surface area contributed by atoms with E-state index in [0.717, 1.165) is 6.07 Å². The first kappa shape index (κ1) is 41.6. The fourth-order valence-corrected chi connectivity index (χ4v) is 6.89. The Labute approximate surface area is 312 Å². The van der Waals surface area contributed by atoms with Crippen molar-refractivity contribution in [3.8, 4) is 23.0 Å². The molecule has 5 rings (SSSR count). The Bertz CT molecular complexity index is 1900. The maximum absolute atomic E-state index is 14.2. The number of aromatic hydroxyl groups is 2. The van der Waals surface area contributed by atoms with Gasteiger partial charge in [0.25, 0.3) is 11.7 Å². The lowest BCUT2D eigenvalue weighted by molar-refractivity contribution is -0.160. The maximum Gasteiger partial charge on any atom is 0.341 e. The Morgan fingerprint density at radius 3 is 2.24 bits per heavy atom. The van der Waals surface area contributed by atoms with Crippen molar-refractivity contribution < 1.29 is 68.4 Å². The lowest BCUT2D eigenvalue weighted by atomic mass is 9.78. The van der Waals surface area contributed by atoms with E-state index in [1.54, 1.807) is 39.8 Å². The number of benzene rings is 2. The van der Waals surface area contributed by atoms with E-state index < -0.39 is 95.6 Å². The van der Waals surface area contributed by atoms with E-state index in [2.05, 4.69) is 5.32 Å². The van der Waals surface area contributed by atoms with Crippen molar-refractivity contribution in [3.63, 3.8) is 0 Å². The van der Waals surface area contributed by atoms with Crippen molar-refractivity contribution in [1.29, 1.82) is 0 Å². The molecule has 0 saturated carbocycles. The number of carbonyl (C=O) groups excluding carboxylic acids is 3. The number of anilines is 1. The molecule has 0 saturated heterocycles. The van der Waals surface area contributed by atoms with Crippen LogP contribution in [0.4, 0.5) is 5.69 Å². The molecule has 294 valence electrons. The van der Waals surface area contributed by atoms with Gasteiger partial charge in [-0.25, -0.2) is 4.79 Å². The van der Waals surface area contributed by atoms with Gasteiger partial charge in [-0.15, -0.1) is 0 Å². The van der Waals surface area contributed by atoms with Gasteiger partial charge in [-0.2, -0.15) is 0 Å². The molecule has 2 aromatic rings. The summed E-state index contributed by atoms with van der Waals surface area (Å²) in [4.78, 5) is 51.3. The monoisotopic (exact) mass is 755 g/mol. The number of aliphatic hydroxyl groups excluding tert-OH is 2. The van der Waals surface area contributed by atoms with E-state index >= 15 is 0 Å². The third-order valence-electron chi connectivity index (χ3n) is 10.2. The molecule has 6 N–H and O–H groups in total. The zero-order valence-corrected chi connectivity index (χ0v) is 31.7. The van der Waals surface area contributed by atoms with Gasteiger partial charge in [-0.05, 0) is 19.9 Å². The third kappa shape index (κ3) is 8.17. The molecule has 0 radical (unpaired) electrons. The minimum Gasteiger partial charge on any atom is -0.507 e. The standard InChI is InChI=1S/C39H49NO14/c1-17-11-10-12-18(2)38(49)40-24-15-26(51-16-27(42)43)28-29(34(24)47)33(46)22(6)36-30(28)37(48)39(8,54-36)52-14-13-25(50-9)19(3)35(53-23(7)41)21(5)32(45)20(4)31(17)44/h10-15,17,19-21,25,31-32,35,44-47H,16H2,1-9H3,(H,40,49)(H,42,43). The van der Waals surface area contributed by atoms with Crippen LogP contribution in [-0.2, 0) is 28.6 Å². The Morgan fingerprint density at radius 1 is 0.963 bits per heavy atom. The highest BCUT2D eigenvalue weighted by atomic mass is 16.7. The molecular weight excluding hydrogens is 706 g/mol.